The van der Waals surface area contributed by atoms with Crippen molar-refractivity contribution >= 4 is 38.1 Å². The molecule has 13 heteroatoms. The Morgan fingerprint density at radius 1 is 1.05 bits per heavy atom. The zero-order valence-corrected chi connectivity index (χ0v) is 22.2. The van der Waals surface area contributed by atoms with E-state index in [9.17, 15) is 18.3 Å². The van der Waals surface area contributed by atoms with Crippen molar-refractivity contribution in [1.29, 1.82) is 0 Å². The maximum atomic E-state index is 13.5. The molecule has 0 fully saturated rings. The molecule has 0 aliphatic carbocycles. The number of para-hydroxylation sites is 1. The first-order valence-corrected chi connectivity index (χ1v) is 14.1. The molecule has 0 amide bonds. The molecule has 2 aromatic carbocycles. The van der Waals surface area contributed by atoms with Crippen LogP contribution in [0.15, 0.2) is 84.2 Å². The number of nitrogens with one attached hydrogen (secondary N) is 3. The van der Waals surface area contributed by atoms with E-state index in [2.05, 4.69) is 25.0 Å². The third kappa shape index (κ3) is 4.62. The highest BCUT2D eigenvalue weighted by Crippen LogP contribution is 2.36. The van der Waals surface area contributed by atoms with E-state index in [1.807, 2.05) is 37.3 Å². The number of nitrogens with zero attached hydrogens (tertiary/aromatic N) is 5. The highest BCUT2D eigenvalue weighted by atomic mass is 32.2. The van der Waals surface area contributed by atoms with Crippen LogP contribution in [0.25, 0.3) is 33.4 Å². The summed E-state index contributed by atoms with van der Waals surface area (Å²) in [5.74, 6) is 0.797. The van der Waals surface area contributed by atoms with E-state index in [-0.39, 0.29) is 17.0 Å². The summed E-state index contributed by atoms with van der Waals surface area (Å²) in [7, 11) is -3.56. The van der Waals surface area contributed by atoms with Crippen LogP contribution in [-0.4, -0.2) is 48.9 Å². The van der Waals surface area contributed by atoms with Crippen LogP contribution in [0.1, 0.15) is 18.8 Å². The molecule has 0 aliphatic heterocycles. The Morgan fingerprint density at radius 3 is 2.62 bits per heavy atom. The van der Waals surface area contributed by atoms with Gasteiger partial charge >= 0.3 is 0 Å². The van der Waals surface area contributed by atoms with Crippen LogP contribution in [0.3, 0.4) is 0 Å². The van der Waals surface area contributed by atoms with Crippen molar-refractivity contribution in [1.82, 2.24) is 29.1 Å². The van der Waals surface area contributed by atoms with Crippen LogP contribution in [0.4, 0.5) is 11.5 Å². The third-order valence-electron chi connectivity index (χ3n) is 6.35. The van der Waals surface area contributed by atoms with Crippen LogP contribution in [-0.2, 0) is 10.0 Å². The van der Waals surface area contributed by atoms with E-state index >= 15 is 0 Å². The summed E-state index contributed by atoms with van der Waals surface area (Å²) in [6.07, 6.45) is 5.87. The maximum absolute atomic E-state index is 13.5. The molecule has 4 N–H and O–H groups in total. The molecule has 6 aromatic rings. The Hall–Kier alpha value is -5.17. The number of hydrogen-bond donors (Lipinski definition) is 4. The summed E-state index contributed by atoms with van der Waals surface area (Å²) in [6.45, 7) is 1.87. The summed E-state index contributed by atoms with van der Waals surface area (Å²) in [4.78, 5) is 25.4. The molecule has 0 radical (unpaired) electrons. The van der Waals surface area contributed by atoms with Gasteiger partial charge in [0.2, 0.25) is 10.0 Å². The summed E-state index contributed by atoms with van der Waals surface area (Å²) in [6, 6.07) is 16.7. The van der Waals surface area contributed by atoms with Gasteiger partial charge in [-0.2, -0.15) is 5.10 Å². The fourth-order valence-electron chi connectivity index (χ4n) is 4.72. The summed E-state index contributed by atoms with van der Waals surface area (Å²) in [5.41, 5.74) is 2.81. The van der Waals surface area contributed by atoms with Crippen molar-refractivity contribution in [2.75, 3.05) is 16.3 Å². The van der Waals surface area contributed by atoms with E-state index in [4.69, 9.17) is 5.10 Å². The number of rotatable bonds is 7. The van der Waals surface area contributed by atoms with Crippen LogP contribution < -0.4 is 15.6 Å². The number of phenolic OH excluding ortho intramolecular Hbond substituents is 1. The fraction of sp³-hybridized carbons (Fsp3) is 0.111. The monoisotopic (exact) mass is 556 g/mol. The van der Waals surface area contributed by atoms with Gasteiger partial charge in [0.25, 0.3) is 5.56 Å². The Kier molecular flexibility index (Phi) is 5.99. The lowest BCUT2D eigenvalue weighted by Crippen LogP contribution is -2.29. The largest absolute Gasteiger partial charge is 0.508 e. The van der Waals surface area contributed by atoms with Gasteiger partial charge < -0.3 is 15.4 Å². The second-order valence-electron chi connectivity index (χ2n) is 9.33. The first-order valence-electron chi connectivity index (χ1n) is 12.2. The van der Waals surface area contributed by atoms with Gasteiger partial charge in [-0.05, 0) is 48.9 Å². The van der Waals surface area contributed by atoms with Gasteiger partial charge in [-0.3, -0.25) is 14.1 Å². The summed E-state index contributed by atoms with van der Waals surface area (Å²) >= 11 is 0. The van der Waals surface area contributed by atoms with E-state index in [1.54, 1.807) is 39.7 Å². The predicted molar refractivity (Wildman–Crippen MR) is 152 cm³/mol. The lowest BCUT2D eigenvalue weighted by Gasteiger charge is -2.20. The molecule has 0 bridgehead atoms. The number of benzene rings is 2. The summed E-state index contributed by atoms with van der Waals surface area (Å²) < 4.78 is 29.1. The van der Waals surface area contributed by atoms with Crippen LogP contribution in [0, 0.1) is 0 Å². The van der Waals surface area contributed by atoms with Crippen molar-refractivity contribution < 1.29 is 13.5 Å². The zero-order chi connectivity index (χ0) is 28.0. The van der Waals surface area contributed by atoms with Crippen LogP contribution in [0.5, 0.6) is 5.75 Å². The molecule has 0 spiro atoms. The normalized spacial score (nSPS) is 12.6. The molecule has 40 heavy (non-hydrogen) atoms. The zero-order valence-electron chi connectivity index (χ0n) is 21.4. The van der Waals surface area contributed by atoms with E-state index < -0.39 is 16.1 Å². The van der Waals surface area contributed by atoms with E-state index in [0.29, 0.717) is 45.0 Å². The minimum atomic E-state index is -3.56. The second-order valence-corrected chi connectivity index (χ2v) is 11.1. The molecule has 0 saturated heterocycles. The van der Waals surface area contributed by atoms with Gasteiger partial charge in [-0.15, -0.1) is 0 Å². The average Bonchev–Trinajstić information content (AvgIpc) is 3.56. The van der Waals surface area contributed by atoms with Crippen molar-refractivity contribution in [3.05, 3.63) is 95.6 Å². The molecular weight excluding hydrogens is 532 g/mol. The smallest absolute Gasteiger partial charge is 0.282 e. The van der Waals surface area contributed by atoms with Gasteiger partial charge in [0, 0.05) is 24.0 Å². The molecule has 0 aliphatic rings. The topological polar surface area (TPSA) is 159 Å². The Morgan fingerprint density at radius 2 is 1.85 bits per heavy atom. The van der Waals surface area contributed by atoms with Gasteiger partial charge in [0.1, 0.15) is 29.1 Å². The maximum Gasteiger partial charge on any atom is 0.282 e. The van der Waals surface area contributed by atoms with E-state index in [1.165, 1.54) is 18.5 Å². The Labute approximate surface area is 228 Å². The molecule has 12 nitrogen and oxygen atoms in total. The van der Waals surface area contributed by atoms with Crippen molar-refractivity contribution in [3.8, 4) is 22.6 Å². The fourth-order valence-corrected chi connectivity index (χ4v) is 5.26. The molecule has 202 valence electrons. The minimum absolute atomic E-state index is 0.117. The number of fused-ring (bicyclic) bond motifs is 2. The number of phenols is 1. The molecule has 4 aromatic heterocycles. The predicted octanol–water partition coefficient (Wildman–Crippen LogP) is 3.67. The standard InChI is InChI=1S/C27H24N8O4S/c1-16(26-32-34-10-6-9-22(34)27(37)35(26)19-7-4-3-5-8-19)31-25-23-21(14-28-24(23)29-15-30-25)17-11-18(13-20(36)12-17)33-40(2,38)39/h3-16,33,36H,1-2H3,(H2,28,29,30,31). The van der Waals surface area contributed by atoms with Gasteiger partial charge in [-0.25, -0.2) is 22.9 Å². The number of H-pyrrole nitrogens is 1. The van der Waals surface area contributed by atoms with Gasteiger partial charge in [0.15, 0.2) is 5.82 Å². The SMILES string of the molecule is CC(Nc1ncnc2[nH]cc(-c3cc(O)cc(NS(C)(=O)=O)c3)c12)c1nn2cccc2c(=O)n1-c1ccccc1. The number of hydrogen-bond acceptors (Lipinski definition) is 8. The van der Waals surface area contributed by atoms with Gasteiger partial charge in [0.05, 0.1) is 29.1 Å². The number of aromatic nitrogens is 6. The Balaban J connectivity index is 1.46. The van der Waals surface area contributed by atoms with Gasteiger partial charge in [-0.1, -0.05) is 18.2 Å². The van der Waals surface area contributed by atoms with Crippen molar-refractivity contribution in [3.63, 3.8) is 0 Å². The number of sulfonamides is 1. The highest BCUT2D eigenvalue weighted by molar-refractivity contribution is 7.92. The number of aromatic hydroxyl groups is 1. The molecule has 0 saturated carbocycles. The molecule has 6 rings (SSSR count). The van der Waals surface area contributed by atoms with Crippen LogP contribution >= 0.6 is 0 Å². The van der Waals surface area contributed by atoms with E-state index in [0.717, 1.165) is 6.26 Å². The third-order valence-corrected chi connectivity index (χ3v) is 6.95. The van der Waals surface area contributed by atoms with Crippen molar-refractivity contribution in [2.24, 2.45) is 0 Å². The highest BCUT2D eigenvalue weighted by Gasteiger charge is 2.21. The number of anilines is 2. The van der Waals surface area contributed by atoms with Crippen LogP contribution in [0.2, 0.25) is 0 Å². The molecule has 4 heterocycles. The lowest BCUT2D eigenvalue weighted by atomic mass is 10.0. The number of aromatic amines is 1. The average molecular weight is 557 g/mol. The first kappa shape index (κ1) is 25.1. The first-order chi connectivity index (χ1) is 19.2. The molecule has 1 atom stereocenters. The van der Waals surface area contributed by atoms with Crippen molar-refractivity contribution in [2.45, 2.75) is 13.0 Å². The minimum Gasteiger partial charge on any atom is -0.508 e. The lowest BCUT2D eigenvalue weighted by molar-refractivity contribution is 0.476. The summed E-state index contributed by atoms with van der Waals surface area (Å²) in [5, 5.41) is 19.1. The molecule has 1 unspecified atom stereocenters. The molecular formula is C27H24N8O4S. The Bertz CT molecular complexity index is 2050. The second kappa shape index (κ2) is 9.54. The quantitative estimate of drug-likeness (QED) is 0.232.